The van der Waals surface area contributed by atoms with Gasteiger partial charge in [-0.25, -0.2) is 0 Å². The number of hydrogen-bond donors (Lipinski definition) is 1. The minimum absolute atomic E-state index is 0.0823. The van der Waals surface area contributed by atoms with Crippen molar-refractivity contribution in [2.75, 3.05) is 13.1 Å². The van der Waals surface area contributed by atoms with Gasteiger partial charge >= 0.3 is 0 Å². The highest BCUT2D eigenvalue weighted by Gasteiger charge is 2.22. The lowest BCUT2D eigenvalue weighted by Crippen LogP contribution is -2.47. The molecule has 3 rings (SSSR count). The van der Waals surface area contributed by atoms with Gasteiger partial charge in [0.05, 0.1) is 0 Å². The van der Waals surface area contributed by atoms with E-state index < -0.39 is 0 Å². The smallest absolute Gasteiger partial charge is 0.272 e. The summed E-state index contributed by atoms with van der Waals surface area (Å²) in [6, 6.07) is 10.4. The van der Waals surface area contributed by atoms with Crippen molar-refractivity contribution in [1.29, 1.82) is 0 Å². The third-order valence-corrected chi connectivity index (χ3v) is 4.64. The first-order valence-electron chi connectivity index (χ1n) is 7.87. The fourth-order valence-corrected chi connectivity index (χ4v) is 3.22. The summed E-state index contributed by atoms with van der Waals surface area (Å²) >= 11 is 3.46. The van der Waals surface area contributed by atoms with E-state index in [4.69, 9.17) is 0 Å². The predicted octanol–water partition coefficient (Wildman–Crippen LogP) is 2.58. The molecule has 1 unspecified atom stereocenters. The first-order chi connectivity index (χ1) is 11.1. The average molecular weight is 377 g/mol. The Balaban J connectivity index is 1.55. The maximum atomic E-state index is 12.2. The van der Waals surface area contributed by atoms with Gasteiger partial charge in [0.15, 0.2) is 0 Å². The van der Waals surface area contributed by atoms with Crippen LogP contribution in [0.15, 0.2) is 41.0 Å². The molecule has 1 aliphatic heterocycles. The monoisotopic (exact) mass is 376 g/mol. The number of piperidine rings is 1. The van der Waals surface area contributed by atoms with Gasteiger partial charge in [0.2, 0.25) is 0 Å². The number of nitrogens with one attached hydrogen (secondary N) is 1. The van der Waals surface area contributed by atoms with Gasteiger partial charge in [-0.2, -0.15) is 5.10 Å². The molecule has 0 spiro atoms. The third-order valence-electron chi connectivity index (χ3n) is 4.11. The standard InChI is InChI=1S/C17H21BrN4O/c1-21-10-8-16(20-21)17(23)19-15-3-2-9-22(12-15)11-13-4-6-14(18)7-5-13/h4-8,10,15H,2-3,9,11-12H2,1H3,(H,19,23). The van der Waals surface area contributed by atoms with E-state index in [0.717, 1.165) is 36.9 Å². The zero-order valence-electron chi connectivity index (χ0n) is 13.2. The van der Waals surface area contributed by atoms with Gasteiger partial charge < -0.3 is 5.32 Å². The summed E-state index contributed by atoms with van der Waals surface area (Å²) in [5.41, 5.74) is 1.78. The molecule has 1 N–H and O–H groups in total. The Labute approximate surface area is 144 Å². The van der Waals surface area contributed by atoms with Gasteiger partial charge in [-0.1, -0.05) is 28.1 Å². The van der Waals surface area contributed by atoms with Gasteiger partial charge in [0, 0.05) is 36.8 Å². The molecular weight excluding hydrogens is 356 g/mol. The predicted molar refractivity (Wildman–Crippen MR) is 93.1 cm³/mol. The van der Waals surface area contributed by atoms with E-state index in [-0.39, 0.29) is 11.9 Å². The number of rotatable bonds is 4. The highest BCUT2D eigenvalue weighted by atomic mass is 79.9. The lowest BCUT2D eigenvalue weighted by Gasteiger charge is -2.33. The molecule has 1 atom stereocenters. The van der Waals surface area contributed by atoms with E-state index in [9.17, 15) is 4.79 Å². The first-order valence-corrected chi connectivity index (χ1v) is 8.67. The largest absolute Gasteiger partial charge is 0.347 e. The SMILES string of the molecule is Cn1ccc(C(=O)NC2CCCN(Cc3ccc(Br)cc3)C2)n1. The molecule has 23 heavy (non-hydrogen) atoms. The number of aromatic nitrogens is 2. The molecule has 1 aromatic heterocycles. The summed E-state index contributed by atoms with van der Waals surface area (Å²) < 4.78 is 2.75. The molecule has 2 heterocycles. The molecule has 1 aliphatic rings. The lowest BCUT2D eigenvalue weighted by molar-refractivity contribution is 0.0895. The van der Waals surface area contributed by atoms with E-state index in [1.807, 2.05) is 7.05 Å². The van der Waals surface area contributed by atoms with Gasteiger partial charge in [0.1, 0.15) is 5.69 Å². The summed E-state index contributed by atoms with van der Waals surface area (Å²) in [5, 5.41) is 7.27. The number of amides is 1. The van der Waals surface area contributed by atoms with Crippen LogP contribution in [0.1, 0.15) is 28.9 Å². The van der Waals surface area contributed by atoms with Crippen LogP contribution in [0.5, 0.6) is 0 Å². The molecule has 0 aliphatic carbocycles. The average Bonchev–Trinajstić information content (AvgIpc) is 2.97. The van der Waals surface area contributed by atoms with Gasteiger partial charge in [-0.15, -0.1) is 0 Å². The van der Waals surface area contributed by atoms with Crippen LogP contribution in [-0.2, 0) is 13.6 Å². The van der Waals surface area contributed by atoms with Crippen LogP contribution in [-0.4, -0.2) is 39.7 Å². The number of carbonyl (C=O) groups excluding carboxylic acids is 1. The second kappa shape index (κ2) is 7.27. The zero-order chi connectivity index (χ0) is 16.2. The molecule has 1 fully saturated rings. The second-order valence-electron chi connectivity index (χ2n) is 6.05. The van der Waals surface area contributed by atoms with Crippen LogP contribution in [0.2, 0.25) is 0 Å². The van der Waals surface area contributed by atoms with Crippen molar-refractivity contribution in [3.05, 3.63) is 52.3 Å². The topological polar surface area (TPSA) is 50.2 Å². The molecule has 0 bridgehead atoms. The summed E-state index contributed by atoms with van der Waals surface area (Å²) in [7, 11) is 1.82. The molecular formula is C17H21BrN4O. The van der Waals surface area contributed by atoms with Gasteiger partial charge in [-0.3, -0.25) is 14.4 Å². The molecule has 5 nitrogen and oxygen atoms in total. The first kappa shape index (κ1) is 16.2. The number of nitrogens with zero attached hydrogens (tertiary/aromatic N) is 3. The molecule has 0 radical (unpaired) electrons. The minimum Gasteiger partial charge on any atom is -0.347 e. The van der Waals surface area contributed by atoms with E-state index in [1.165, 1.54) is 5.56 Å². The Morgan fingerprint density at radius 3 is 2.83 bits per heavy atom. The van der Waals surface area contributed by atoms with Crippen molar-refractivity contribution >= 4 is 21.8 Å². The minimum atomic E-state index is -0.0823. The summed E-state index contributed by atoms with van der Waals surface area (Å²) in [4.78, 5) is 14.6. The molecule has 1 aromatic carbocycles. The molecule has 1 saturated heterocycles. The molecule has 1 amide bonds. The highest BCUT2D eigenvalue weighted by molar-refractivity contribution is 9.10. The van der Waals surface area contributed by atoms with Gasteiger partial charge in [-0.05, 0) is 43.1 Å². The zero-order valence-corrected chi connectivity index (χ0v) is 14.8. The van der Waals surface area contributed by atoms with Crippen molar-refractivity contribution in [2.45, 2.75) is 25.4 Å². The van der Waals surface area contributed by atoms with Crippen molar-refractivity contribution in [2.24, 2.45) is 7.05 Å². The molecule has 0 saturated carbocycles. The molecule has 6 heteroatoms. The fraction of sp³-hybridized carbons (Fsp3) is 0.412. The van der Waals surface area contributed by atoms with Crippen molar-refractivity contribution in [3.63, 3.8) is 0 Å². The number of carbonyl (C=O) groups is 1. The van der Waals surface area contributed by atoms with E-state index in [2.05, 4.69) is 55.5 Å². The van der Waals surface area contributed by atoms with Crippen molar-refractivity contribution < 1.29 is 4.79 Å². The number of likely N-dealkylation sites (tertiary alicyclic amines) is 1. The number of aryl methyl sites for hydroxylation is 1. The number of halogens is 1. The highest BCUT2D eigenvalue weighted by Crippen LogP contribution is 2.16. The van der Waals surface area contributed by atoms with Gasteiger partial charge in [0.25, 0.3) is 5.91 Å². The van der Waals surface area contributed by atoms with Crippen LogP contribution >= 0.6 is 15.9 Å². The van der Waals surface area contributed by atoms with Crippen LogP contribution in [0.25, 0.3) is 0 Å². The molecule has 2 aromatic rings. The quantitative estimate of drug-likeness (QED) is 0.891. The maximum Gasteiger partial charge on any atom is 0.272 e. The Morgan fingerprint density at radius 1 is 1.35 bits per heavy atom. The van der Waals surface area contributed by atoms with E-state index >= 15 is 0 Å². The van der Waals surface area contributed by atoms with Crippen molar-refractivity contribution in [1.82, 2.24) is 20.0 Å². The fourth-order valence-electron chi connectivity index (χ4n) is 2.96. The van der Waals surface area contributed by atoms with Crippen LogP contribution in [0.4, 0.5) is 0 Å². The van der Waals surface area contributed by atoms with E-state index in [1.54, 1.807) is 16.9 Å². The lowest BCUT2D eigenvalue weighted by atomic mass is 10.0. The Bertz CT molecular complexity index is 667. The Kier molecular flexibility index (Phi) is 5.13. The Morgan fingerprint density at radius 2 is 2.13 bits per heavy atom. The van der Waals surface area contributed by atoms with Crippen LogP contribution in [0, 0.1) is 0 Å². The maximum absolute atomic E-state index is 12.2. The molecule has 122 valence electrons. The summed E-state index contributed by atoms with van der Waals surface area (Å²) in [6.45, 7) is 2.88. The summed E-state index contributed by atoms with van der Waals surface area (Å²) in [5.74, 6) is -0.0823. The third kappa shape index (κ3) is 4.42. The second-order valence-corrected chi connectivity index (χ2v) is 6.96. The van der Waals surface area contributed by atoms with Crippen molar-refractivity contribution in [3.8, 4) is 0 Å². The Hall–Kier alpha value is -1.66. The van der Waals surface area contributed by atoms with Crippen LogP contribution < -0.4 is 5.32 Å². The number of benzene rings is 1. The van der Waals surface area contributed by atoms with E-state index in [0.29, 0.717) is 5.69 Å². The normalized spacial score (nSPS) is 18.8. The van der Waals surface area contributed by atoms with Crippen LogP contribution in [0.3, 0.4) is 0 Å². The number of hydrogen-bond acceptors (Lipinski definition) is 3. The summed E-state index contributed by atoms with van der Waals surface area (Å²) in [6.07, 6.45) is 3.91.